The molecule has 0 bridgehead atoms. The predicted molar refractivity (Wildman–Crippen MR) is 85.6 cm³/mol. The van der Waals surface area contributed by atoms with E-state index in [9.17, 15) is 13.2 Å². The molecule has 0 unspecified atom stereocenters. The molecule has 6 nitrogen and oxygen atoms in total. The highest BCUT2D eigenvalue weighted by Crippen LogP contribution is 2.24. The summed E-state index contributed by atoms with van der Waals surface area (Å²) in [5.74, 6) is -0.346. The van der Waals surface area contributed by atoms with Crippen molar-refractivity contribution in [3.8, 4) is 0 Å². The normalized spacial score (nSPS) is 11.7. The Morgan fingerprint density at radius 2 is 2.00 bits per heavy atom. The first-order valence-corrected chi connectivity index (χ1v) is 8.43. The van der Waals surface area contributed by atoms with Crippen LogP contribution in [0.1, 0.15) is 30.4 Å². The molecule has 22 heavy (non-hydrogen) atoms. The molecule has 0 aliphatic carbocycles. The van der Waals surface area contributed by atoms with Gasteiger partial charge in [0.15, 0.2) is 0 Å². The van der Waals surface area contributed by atoms with E-state index in [2.05, 4.69) is 5.32 Å². The molecule has 1 aromatic heterocycles. The van der Waals surface area contributed by atoms with Crippen molar-refractivity contribution in [3.63, 3.8) is 0 Å². The molecule has 0 atom stereocenters. The highest BCUT2D eigenvalue weighted by molar-refractivity contribution is 7.89. The summed E-state index contributed by atoms with van der Waals surface area (Å²) >= 11 is 5.81. The Morgan fingerprint density at radius 1 is 1.32 bits per heavy atom. The van der Waals surface area contributed by atoms with Gasteiger partial charge in [-0.2, -0.15) is 0 Å². The van der Waals surface area contributed by atoms with Gasteiger partial charge in [0, 0.05) is 17.9 Å². The lowest BCUT2D eigenvalue weighted by Crippen LogP contribution is -2.18. The molecule has 2 rings (SSSR count). The Hall–Kier alpha value is -1.83. The molecule has 3 N–H and O–H groups in total. The molecule has 0 saturated heterocycles. The van der Waals surface area contributed by atoms with E-state index in [-0.39, 0.29) is 21.9 Å². The maximum Gasteiger partial charge on any atom is 0.272 e. The highest BCUT2D eigenvalue weighted by Gasteiger charge is 2.16. The van der Waals surface area contributed by atoms with Crippen molar-refractivity contribution >= 4 is 33.2 Å². The number of benzene rings is 1. The zero-order chi connectivity index (χ0) is 16.5. The van der Waals surface area contributed by atoms with Gasteiger partial charge in [0.05, 0.1) is 5.02 Å². The summed E-state index contributed by atoms with van der Waals surface area (Å²) < 4.78 is 24.7. The van der Waals surface area contributed by atoms with Crippen LogP contribution in [0.4, 0.5) is 5.69 Å². The molecule has 0 saturated carbocycles. The van der Waals surface area contributed by atoms with Crippen LogP contribution in [0.25, 0.3) is 0 Å². The number of anilines is 1. The number of rotatable bonds is 4. The second-order valence-electron chi connectivity index (χ2n) is 5.04. The number of carbonyl (C=O) groups excluding carboxylic acids is 1. The van der Waals surface area contributed by atoms with E-state index in [1.807, 2.05) is 18.4 Å². The SMILES string of the molecule is CC(C)n1cccc1C(=O)Nc1ccc(Cl)c(S(N)(=O)=O)c1. The summed E-state index contributed by atoms with van der Waals surface area (Å²) in [4.78, 5) is 12.1. The molecule has 1 heterocycles. The average Bonchev–Trinajstić information content (AvgIpc) is 2.89. The minimum atomic E-state index is -3.96. The summed E-state index contributed by atoms with van der Waals surface area (Å²) in [6.07, 6.45) is 1.80. The molecule has 8 heteroatoms. The number of primary sulfonamides is 1. The molecule has 118 valence electrons. The van der Waals surface area contributed by atoms with Gasteiger partial charge in [-0.05, 0) is 44.2 Å². The van der Waals surface area contributed by atoms with E-state index in [0.29, 0.717) is 11.4 Å². The number of carbonyl (C=O) groups is 1. The van der Waals surface area contributed by atoms with Gasteiger partial charge >= 0.3 is 0 Å². The topological polar surface area (TPSA) is 94.2 Å². The summed E-state index contributed by atoms with van der Waals surface area (Å²) in [6, 6.07) is 7.70. The third-order valence-electron chi connectivity index (χ3n) is 3.06. The molecular formula is C14H16ClN3O3S. The first-order valence-electron chi connectivity index (χ1n) is 6.50. The zero-order valence-corrected chi connectivity index (χ0v) is 13.6. The average molecular weight is 342 g/mol. The van der Waals surface area contributed by atoms with Crippen LogP contribution in [0.2, 0.25) is 5.02 Å². The Kier molecular flexibility index (Phi) is 4.60. The molecule has 1 aromatic carbocycles. The number of hydrogen-bond donors (Lipinski definition) is 2. The van der Waals surface area contributed by atoms with Crippen molar-refractivity contribution in [1.29, 1.82) is 0 Å². The van der Waals surface area contributed by atoms with Crippen LogP contribution in [0.3, 0.4) is 0 Å². The third kappa shape index (κ3) is 3.49. The van der Waals surface area contributed by atoms with Crippen LogP contribution < -0.4 is 10.5 Å². The van der Waals surface area contributed by atoms with Crippen LogP contribution in [0.15, 0.2) is 41.4 Å². The van der Waals surface area contributed by atoms with Crippen LogP contribution in [0, 0.1) is 0 Å². The quantitative estimate of drug-likeness (QED) is 0.894. The van der Waals surface area contributed by atoms with Crippen molar-refractivity contribution in [2.45, 2.75) is 24.8 Å². The Morgan fingerprint density at radius 3 is 2.59 bits per heavy atom. The number of halogens is 1. The number of nitrogens with two attached hydrogens (primary N) is 1. The molecule has 0 spiro atoms. The molecule has 0 aliphatic rings. The molecule has 1 amide bonds. The fraction of sp³-hybridized carbons (Fsp3) is 0.214. The molecular weight excluding hydrogens is 326 g/mol. The Labute approximate surface area is 133 Å². The van der Waals surface area contributed by atoms with E-state index in [0.717, 1.165) is 0 Å². The molecule has 0 aliphatic heterocycles. The number of nitrogens with zero attached hydrogens (tertiary/aromatic N) is 1. The zero-order valence-electron chi connectivity index (χ0n) is 12.1. The van der Waals surface area contributed by atoms with Gasteiger partial charge in [-0.25, -0.2) is 13.6 Å². The lowest BCUT2D eigenvalue weighted by atomic mass is 10.3. The van der Waals surface area contributed by atoms with Gasteiger partial charge < -0.3 is 9.88 Å². The van der Waals surface area contributed by atoms with Crippen molar-refractivity contribution in [3.05, 3.63) is 47.2 Å². The minimum absolute atomic E-state index is 0.00561. The summed E-state index contributed by atoms with van der Waals surface area (Å²) in [5, 5.41) is 7.73. The van der Waals surface area contributed by atoms with Crippen LogP contribution in [-0.4, -0.2) is 18.9 Å². The van der Waals surface area contributed by atoms with Gasteiger partial charge in [-0.15, -0.1) is 0 Å². The monoisotopic (exact) mass is 341 g/mol. The fourth-order valence-electron chi connectivity index (χ4n) is 2.03. The van der Waals surface area contributed by atoms with Crippen molar-refractivity contribution in [2.75, 3.05) is 5.32 Å². The van der Waals surface area contributed by atoms with Gasteiger partial charge in [-0.3, -0.25) is 4.79 Å². The van der Waals surface area contributed by atoms with E-state index in [1.54, 1.807) is 18.3 Å². The molecule has 2 aromatic rings. The van der Waals surface area contributed by atoms with Crippen LogP contribution >= 0.6 is 11.6 Å². The lowest BCUT2D eigenvalue weighted by molar-refractivity contribution is 0.101. The fourth-order valence-corrected chi connectivity index (χ4v) is 3.10. The maximum absolute atomic E-state index is 12.3. The highest BCUT2D eigenvalue weighted by atomic mass is 35.5. The smallest absolute Gasteiger partial charge is 0.272 e. The first kappa shape index (κ1) is 16.5. The number of hydrogen-bond acceptors (Lipinski definition) is 3. The molecule has 0 radical (unpaired) electrons. The van der Waals surface area contributed by atoms with E-state index >= 15 is 0 Å². The second-order valence-corrected chi connectivity index (χ2v) is 6.98. The van der Waals surface area contributed by atoms with Crippen molar-refractivity contribution < 1.29 is 13.2 Å². The van der Waals surface area contributed by atoms with E-state index in [1.165, 1.54) is 18.2 Å². The predicted octanol–water partition coefficient (Wildman–Crippen LogP) is 2.62. The van der Waals surface area contributed by atoms with Crippen molar-refractivity contribution in [1.82, 2.24) is 4.57 Å². The van der Waals surface area contributed by atoms with Gasteiger partial charge in [0.2, 0.25) is 10.0 Å². The summed E-state index contributed by atoms with van der Waals surface area (Å²) in [7, 11) is -3.96. The first-order chi connectivity index (χ1) is 10.2. The summed E-state index contributed by atoms with van der Waals surface area (Å²) in [5.41, 5.74) is 0.775. The maximum atomic E-state index is 12.3. The van der Waals surface area contributed by atoms with Crippen LogP contribution in [0.5, 0.6) is 0 Å². The van der Waals surface area contributed by atoms with Gasteiger partial charge in [0.1, 0.15) is 10.6 Å². The largest absolute Gasteiger partial charge is 0.341 e. The number of sulfonamides is 1. The van der Waals surface area contributed by atoms with E-state index in [4.69, 9.17) is 16.7 Å². The van der Waals surface area contributed by atoms with Crippen LogP contribution in [-0.2, 0) is 10.0 Å². The second kappa shape index (κ2) is 6.12. The number of nitrogens with one attached hydrogen (secondary N) is 1. The third-order valence-corrected chi connectivity index (χ3v) is 4.46. The standard InChI is InChI=1S/C14H16ClN3O3S/c1-9(2)18-7-3-4-12(18)14(19)17-10-5-6-11(15)13(8-10)22(16,20)21/h3-9H,1-2H3,(H,17,19)(H2,16,20,21). The van der Waals surface area contributed by atoms with Gasteiger partial charge in [0.25, 0.3) is 5.91 Å². The molecule has 0 fully saturated rings. The number of amides is 1. The Bertz CT molecular complexity index is 812. The van der Waals surface area contributed by atoms with Crippen molar-refractivity contribution in [2.24, 2.45) is 5.14 Å². The van der Waals surface area contributed by atoms with Gasteiger partial charge in [-0.1, -0.05) is 11.6 Å². The van der Waals surface area contributed by atoms with E-state index < -0.39 is 10.0 Å². The number of aromatic nitrogens is 1. The summed E-state index contributed by atoms with van der Waals surface area (Å²) in [6.45, 7) is 3.91. The Balaban J connectivity index is 2.32. The minimum Gasteiger partial charge on any atom is -0.341 e. The lowest BCUT2D eigenvalue weighted by Gasteiger charge is -2.13.